The monoisotopic (exact) mass is 469 g/mol. The van der Waals surface area contributed by atoms with Gasteiger partial charge in [0.15, 0.2) is 5.16 Å². The predicted molar refractivity (Wildman–Crippen MR) is 127 cm³/mol. The molecule has 0 saturated heterocycles. The molecule has 8 heteroatoms. The van der Waals surface area contributed by atoms with Gasteiger partial charge in [-0.2, -0.15) is 0 Å². The van der Waals surface area contributed by atoms with Gasteiger partial charge in [0.05, 0.1) is 22.0 Å². The lowest BCUT2D eigenvalue weighted by Gasteiger charge is -2.15. The molecule has 0 radical (unpaired) electrons. The second kappa shape index (κ2) is 9.50. The lowest BCUT2D eigenvalue weighted by atomic mass is 10.1. The van der Waals surface area contributed by atoms with Crippen molar-refractivity contribution in [3.63, 3.8) is 0 Å². The number of benzene rings is 2. The molecule has 1 amide bonds. The number of halogens is 1. The van der Waals surface area contributed by atoms with Gasteiger partial charge in [-0.15, -0.1) is 11.8 Å². The van der Waals surface area contributed by atoms with E-state index in [9.17, 15) is 14.0 Å². The van der Waals surface area contributed by atoms with Gasteiger partial charge in [-0.25, -0.2) is 9.37 Å². The fraction of sp³-hybridized carbons (Fsp3) is 0.292. The van der Waals surface area contributed by atoms with Crippen LogP contribution in [0, 0.1) is 19.7 Å². The summed E-state index contributed by atoms with van der Waals surface area (Å²) >= 11 is 2.81. The number of carbonyl (C=O) groups is 1. The highest BCUT2D eigenvalue weighted by Crippen LogP contribution is 2.35. The van der Waals surface area contributed by atoms with Crippen LogP contribution < -0.4 is 10.9 Å². The maximum atomic E-state index is 13.4. The fourth-order valence-electron chi connectivity index (χ4n) is 3.69. The van der Waals surface area contributed by atoms with Gasteiger partial charge >= 0.3 is 0 Å². The highest BCUT2D eigenvalue weighted by atomic mass is 32.2. The zero-order valence-electron chi connectivity index (χ0n) is 18.1. The number of hydrogen-bond acceptors (Lipinski definition) is 5. The standard InChI is InChI=1S/C24H24FN3O2S2/c1-14-8-15(2)10-19(9-14)28-23(30)22-20(11-16(3)32-22)27-24(28)31-13-21(29)26-12-17-4-6-18(25)7-5-17/h4-10,16H,11-13H2,1-3H3,(H,26,29). The predicted octanol–water partition coefficient (Wildman–Crippen LogP) is 4.43. The molecule has 1 unspecified atom stereocenters. The third kappa shape index (κ3) is 5.07. The summed E-state index contributed by atoms with van der Waals surface area (Å²) in [5.74, 6) is -0.362. The number of thioether (sulfide) groups is 2. The van der Waals surface area contributed by atoms with Crippen molar-refractivity contribution in [2.75, 3.05) is 5.75 Å². The number of fused-ring (bicyclic) bond motifs is 1. The van der Waals surface area contributed by atoms with Crippen LogP contribution in [0.2, 0.25) is 0 Å². The summed E-state index contributed by atoms with van der Waals surface area (Å²) in [5, 5.41) is 3.66. The molecule has 0 aliphatic carbocycles. The van der Waals surface area contributed by atoms with E-state index in [1.165, 1.54) is 23.9 Å². The van der Waals surface area contributed by atoms with Gasteiger partial charge in [0, 0.05) is 18.2 Å². The average Bonchev–Trinajstić information content (AvgIpc) is 3.11. The van der Waals surface area contributed by atoms with Crippen molar-refractivity contribution >= 4 is 29.4 Å². The first-order chi connectivity index (χ1) is 15.3. The molecule has 166 valence electrons. The van der Waals surface area contributed by atoms with Crippen LogP contribution in [0.25, 0.3) is 5.69 Å². The lowest BCUT2D eigenvalue weighted by Crippen LogP contribution is -2.27. The van der Waals surface area contributed by atoms with E-state index in [2.05, 4.69) is 18.3 Å². The van der Waals surface area contributed by atoms with Gasteiger partial charge < -0.3 is 5.32 Å². The average molecular weight is 470 g/mol. The van der Waals surface area contributed by atoms with Gasteiger partial charge in [-0.3, -0.25) is 14.2 Å². The Morgan fingerprint density at radius 2 is 1.91 bits per heavy atom. The second-order valence-corrected chi connectivity index (χ2v) is 10.4. The molecule has 0 spiro atoms. The Morgan fingerprint density at radius 1 is 1.22 bits per heavy atom. The van der Waals surface area contributed by atoms with Crippen molar-refractivity contribution in [2.45, 2.75) is 49.0 Å². The first-order valence-electron chi connectivity index (χ1n) is 10.4. The van der Waals surface area contributed by atoms with Gasteiger partial charge in [0.2, 0.25) is 5.91 Å². The summed E-state index contributed by atoms with van der Waals surface area (Å²) in [4.78, 5) is 31.3. The Kier molecular flexibility index (Phi) is 6.71. The molecule has 2 aromatic carbocycles. The van der Waals surface area contributed by atoms with Crippen LogP contribution in [0.1, 0.15) is 29.3 Å². The number of aromatic nitrogens is 2. The minimum absolute atomic E-state index is 0.0800. The molecule has 1 aromatic heterocycles. The molecule has 1 aliphatic heterocycles. The number of nitrogens with zero attached hydrogens (tertiary/aromatic N) is 2. The van der Waals surface area contributed by atoms with Gasteiger partial charge in [0.1, 0.15) is 5.82 Å². The van der Waals surface area contributed by atoms with Crippen molar-refractivity contribution in [1.29, 1.82) is 0 Å². The highest BCUT2D eigenvalue weighted by molar-refractivity contribution is 8.00. The summed E-state index contributed by atoms with van der Waals surface area (Å²) in [5.41, 5.74) is 4.42. The molecular formula is C24H24FN3O2S2. The SMILES string of the molecule is Cc1cc(C)cc(-n2c(SCC(=O)NCc3ccc(F)cc3)nc3c(c2=O)SC(C)C3)c1. The van der Waals surface area contributed by atoms with E-state index in [4.69, 9.17) is 4.98 Å². The smallest absolute Gasteiger partial charge is 0.272 e. The number of amides is 1. The maximum Gasteiger partial charge on any atom is 0.272 e. The first-order valence-corrected chi connectivity index (χ1v) is 12.2. The first kappa shape index (κ1) is 22.6. The van der Waals surface area contributed by atoms with E-state index in [0.717, 1.165) is 34.5 Å². The van der Waals surface area contributed by atoms with E-state index in [0.29, 0.717) is 21.8 Å². The molecule has 0 fully saturated rings. The number of aryl methyl sites for hydroxylation is 2. The molecule has 4 rings (SSSR count). The topological polar surface area (TPSA) is 64.0 Å². The molecule has 2 heterocycles. The Hall–Kier alpha value is -2.58. The minimum atomic E-state index is -0.310. The third-order valence-electron chi connectivity index (χ3n) is 5.08. The Balaban J connectivity index is 1.58. The lowest BCUT2D eigenvalue weighted by molar-refractivity contribution is -0.118. The molecule has 5 nitrogen and oxygen atoms in total. The van der Waals surface area contributed by atoms with Gasteiger partial charge in [0.25, 0.3) is 5.56 Å². The van der Waals surface area contributed by atoms with E-state index >= 15 is 0 Å². The zero-order valence-corrected chi connectivity index (χ0v) is 19.8. The van der Waals surface area contributed by atoms with Gasteiger partial charge in [-0.05, 0) is 54.8 Å². The van der Waals surface area contributed by atoms with Crippen LogP contribution in [0.4, 0.5) is 4.39 Å². The van der Waals surface area contributed by atoms with Crippen LogP contribution in [0.15, 0.2) is 57.3 Å². The molecule has 1 aliphatic rings. The largest absolute Gasteiger partial charge is 0.351 e. The quantitative estimate of drug-likeness (QED) is 0.427. The second-order valence-electron chi connectivity index (χ2n) is 7.98. The van der Waals surface area contributed by atoms with Crippen LogP contribution >= 0.6 is 23.5 Å². The zero-order chi connectivity index (χ0) is 22.8. The van der Waals surface area contributed by atoms with Crippen LogP contribution in [0.3, 0.4) is 0 Å². The van der Waals surface area contributed by atoms with Crippen molar-refractivity contribution in [1.82, 2.24) is 14.9 Å². The molecule has 3 aromatic rings. The summed E-state index contributed by atoms with van der Waals surface area (Å²) in [7, 11) is 0. The Morgan fingerprint density at radius 3 is 2.59 bits per heavy atom. The summed E-state index contributed by atoms with van der Waals surface area (Å²) in [6.07, 6.45) is 0.743. The van der Waals surface area contributed by atoms with Crippen molar-refractivity contribution in [3.05, 3.63) is 81.0 Å². The fourth-order valence-corrected chi connectivity index (χ4v) is 5.64. The molecule has 0 saturated carbocycles. The van der Waals surface area contributed by atoms with E-state index in [1.807, 2.05) is 26.0 Å². The molecular weight excluding hydrogens is 445 g/mol. The maximum absolute atomic E-state index is 13.4. The van der Waals surface area contributed by atoms with E-state index < -0.39 is 0 Å². The number of carbonyl (C=O) groups excluding carboxylic acids is 1. The van der Waals surface area contributed by atoms with Gasteiger partial charge in [-0.1, -0.05) is 36.9 Å². The highest BCUT2D eigenvalue weighted by Gasteiger charge is 2.27. The van der Waals surface area contributed by atoms with E-state index in [1.54, 1.807) is 28.5 Å². The number of nitrogens with one attached hydrogen (secondary N) is 1. The Labute approximate surface area is 194 Å². The molecule has 1 N–H and O–H groups in total. The Bertz CT molecular complexity index is 1200. The van der Waals surface area contributed by atoms with Crippen LogP contribution in [0.5, 0.6) is 0 Å². The third-order valence-corrected chi connectivity index (χ3v) is 7.23. The molecule has 0 bridgehead atoms. The summed E-state index contributed by atoms with van der Waals surface area (Å²) in [6, 6.07) is 12.0. The van der Waals surface area contributed by atoms with Crippen molar-refractivity contribution in [3.8, 4) is 5.69 Å². The summed E-state index contributed by atoms with van der Waals surface area (Å²) in [6.45, 7) is 6.39. The van der Waals surface area contributed by atoms with Crippen LogP contribution in [-0.4, -0.2) is 26.5 Å². The molecule has 32 heavy (non-hydrogen) atoms. The molecule has 1 atom stereocenters. The van der Waals surface area contributed by atoms with Crippen molar-refractivity contribution < 1.29 is 9.18 Å². The number of rotatable bonds is 6. The minimum Gasteiger partial charge on any atom is -0.351 e. The normalized spacial score (nSPS) is 14.9. The number of hydrogen-bond donors (Lipinski definition) is 1. The summed E-state index contributed by atoms with van der Waals surface area (Å²) < 4.78 is 14.7. The van der Waals surface area contributed by atoms with Crippen LogP contribution in [-0.2, 0) is 17.8 Å². The van der Waals surface area contributed by atoms with E-state index in [-0.39, 0.29) is 23.0 Å². The van der Waals surface area contributed by atoms with Crippen molar-refractivity contribution in [2.24, 2.45) is 0 Å².